The first-order chi connectivity index (χ1) is 19.1. The van der Waals surface area contributed by atoms with E-state index in [0.717, 1.165) is 17.4 Å². The summed E-state index contributed by atoms with van der Waals surface area (Å²) in [6.45, 7) is 2.55. The largest absolute Gasteiger partial charge is 0.497 e. The maximum absolute atomic E-state index is 13.8. The van der Waals surface area contributed by atoms with E-state index in [4.69, 9.17) is 16.3 Å². The second kappa shape index (κ2) is 14.7. The van der Waals surface area contributed by atoms with Crippen LogP contribution in [0.25, 0.3) is 0 Å². The van der Waals surface area contributed by atoms with Gasteiger partial charge in [-0.3, -0.25) is 13.9 Å². The van der Waals surface area contributed by atoms with Crippen molar-refractivity contribution >= 4 is 39.1 Å². The van der Waals surface area contributed by atoms with Crippen molar-refractivity contribution in [1.29, 1.82) is 0 Å². The van der Waals surface area contributed by atoms with Crippen LogP contribution in [0.5, 0.6) is 5.75 Å². The van der Waals surface area contributed by atoms with Crippen LogP contribution in [0.1, 0.15) is 30.9 Å². The highest BCUT2D eigenvalue weighted by atomic mass is 35.5. The lowest BCUT2D eigenvalue weighted by Gasteiger charge is -2.32. The average molecular weight is 586 g/mol. The van der Waals surface area contributed by atoms with Gasteiger partial charge in [0.05, 0.1) is 19.1 Å². The molecule has 8 nitrogen and oxygen atoms in total. The van der Waals surface area contributed by atoms with E-state index < -0.39 is 16.1 Å². The monoisotopic (exact) mass is 585 g/mol. The average Bonchev–Trinajstić information content (AvgIpc) is 2.93. The third kappa shape index (κ3) is 8.99. The topological polar surface area (TPSA) is 96.0 Å². The molecule has 2 amide bonds. The van der Waals surface area contributed by atoms with Crippen LogP contribution in [0, 0.1) is 0 Å². The Hall–Kier alpha value is -3.56. The molecular weight excluding hydrogens is 550 g/mol. The van der Waals surface area contributed by atoms with Crippen LogP contribution >= 0.6 is 11.6 Å². The third-order valence-corrected chi connectivity index (χ3v) is 7.82. The highest BCUT2D eigenvalue weighted by molar-refractivity contribution is 7.92. The van der Waals surface area contributed by atoms with Crippen molar-refractivity contribution in [3.63, 3.8) is 0 Å². The number of nitrogens with zero attached hydrogens (tertiary/aromatic N) is 2. The summed E-state index contributed by atoms with van der Waals surface area (Å²) in [6, 6.07) is 22.7. The number of rotatable bonds is 14. The van der Waals surface area contributed by atoms with Gasteiger partial charge in [-0.25, -0.2) is 8.42 Å². The molecule has 0 aromatic heterocycles. The standard InChI is InChI=1S/C30H36ClN3O5S/c1-4-32-30(36)28(21-23-10-6-5-7-11-23)33(22-24-12-8-13-27(20-24)39-2)29(35)14-9-19-34(40(3,37)38)26-17-15-25(31)16-18-26/h5-8,10-13,15-18,20,28H,4,9,14,19,21-22H2,1-3H3,(H,32,36). The first kappa shape index (κ1) is 31.0. The SMILES string of the molecule is CCNC(=O)C(Cc1ccccc1)N(Cc1cccc(OC)c1)C(=O)CCCN(c1ccc(Cl)cc1)S(C)(=O)=O. The number of nitrogens with one attached hydrogen (secondary N) is 1. The first-order valence-electron chi connectivity index (χ1n) is 13.1. The van der Waals surface area contributed by atoms with E-state index >= 15 is 0 Å². The van der Waals surface area contributed by atoms with Crippen LogP contribution in [-0.4, -0.2) is 57.6 Å². The summed E-state index contributed by atoms with van der Waals surface area (Å²) in [5.74, 6) is 0.148. The van der Waals surface area contributed by atoms with Crippen molar-refractivity contribution in [2.75, 3.05) is 30.8 Å². The number of amides is 2. The second-order valence-electron chi connectivity index (χ2n) is 9.39. The molecule has 0 fully saturated rings. The van der Waals surface area contributed by atoms with Crippen LogP contribution in [0.4, 0.5) is 5.69 Å². The van der Waals surface area contributed by atoms with Gasteiger partial charge in [0.1, 0.15) is 11.8 Å². The lowest BCUT2D eigenvalue weighted by atomic mass is 10.0. The zero-order chi connectivity index (χ0) is 29.1. The highest BCUT2D eigenvalue weighted by Crippen LogP contribution is 2.23. The molecule has 0 saturated carbocycles. The Morgan fingerprint density at radius 2 is 1.65 bits per heavy atom. The third-order valence-electron chi connectivity index (χ3n) is 6.38. The highest BCUT2D eigenvalue weighted by Gasteiger charge is 2.30. The molecule has 1 N–H and O–H groups in total. The van der Waals surface area contributed by atoms with E-state index in [2.05, 4.69) is 5.32 Å². The molecule has 0 bridgehead atoms. The molecule has 0 radical (unpaired) electrons. The van der Waals surface area contributed by atoms with E-state index in [1.807, 2.05) is 61.5 Å². The molecule has 3 aromatic rings. The van der Waals surface area contributed by atoms with E-state index in [9.17, 15) is 18.0 Å². The quantitative estimate of drug-likeness (QED) is 0.297. The maximum atomic E-state index is 13.8. The van der Waals surface area contributed by atoms with Gasteiger partial charge in [-0.05, 0) is 60.9 Å². The molecule has 0 spiro atoms. The van der Waals surface area contributed by atoms with Gasteiger partial charge in [-0.1, -0.05) is 54.1 Å². The first-order valence-corrected chi connectivity index (χ1v) is 15.3. The Morgan fingerprint density at radius 3 is 2.27 bits per heavy atom. The number of likely N-dealkylation sites (N-methyl/N-ethyl adjacent to an activating group) is 1. The molecule has 40 heavy (non-hydrogen) atoms. The molecule has 214 valence electrons. The summed E-state index contributed by atoms with van der Waals surface area (Å²) in [6.07, 6.45) is 1.77. The number of carbonyl (C=O) groups excluding carboxylic acids is 2. The van der Waals surface area contributed by atoms with E-state index in [0.29, 0.717) is 29.4 Å². The smallest absolute Gasteiger partial charge is 0.243 e. The Labute approximate surface area is 241 Å². The molecule has 0 aliphatic rings. The molecular formula is C30H36ClN3O5S. The number of benzene rings is 3. The number of halogens is 1. The Bertz CT molecular complexity index is 1370. The summed E-state index contributed by atoms with van der Waals surface area (Å²) in [7, 11) is -2.02. The number of hydrogen-bond donors (Lipinski definition) is 1. The van der Waals surface area contributed by atoms with E-state index in [-0.39, 0.29) is 37.7 Å². The van der Waals surface area contributed by atoms with Crippen LogP contribution in [0.2, 0.25) is 5.02 Å². The van der Waals surface area contributed by atoms with Gasteiger partial charge in [0.2, 0.25) is 21.8 Å². The zero-order valence-electron chi connectivity index (χ0n) is 23.0. The second-order valence-corrected chi connectivity index (χ2v) is 11.7. The number of methoxy groups -OCH3 is 1. The van der Waals surface area contributed by atoms with Crippen molar-refractivity contribution in [2.24, 2.45) is 0 Å². The van der Waals surface area contributed by atoms with Gasteiger partial charge in [-0.2, -0.15) is 0 Å². The van der Waals surface area contributed by atoms with E-state index in [1.165, 1.54) is 4.31 Å². The van der Waals surface area contributed by atoms with Crippen molar-refractivity contribution in [2.45, 2.75) is 38.8 Å². The van der Waals surface area contributed by atoms with Gasteiger partial charge < -0.3 is 15.0 Å². The number of carbonyl (C=O) groups is 2. The molecule has 1 unspecified atom stereocenters. The predicted molar refractivity (Wildman–Crippen MR) is 159 cm³/mol. The minimum Gasteiger partial charge on any atom is -0.497 e. The van der Waals surface area contributed by atoms with Gasteiger partial charge in [0.25, 0.3) is 0 Å². The van der Waals surface area contributed by atoms with Crippen LogP contribution in [0.15, 0.2) is 78.9 Å². The Kier molecular flexibility index (Phi) is 11.4. The van der Waals surface area contributed by atoms with Crippen LogP contribution < -0.4 is 14.4 Å². The van der Waals surface area contributed by atoms with Gasteiger partial charge in [0, 0.05) is 37.5 Å². The molecule has 0 heterocycles. The molecule has 1 atom stereocenters. The fourth-order valence-corrected chi connectivity index (χ4v) is 5.52. The van der Waals surface area contributed by atoms with E-state index in [1.54, 1.807) is 36.3 Å². The molecule has 3 aromatic carbocycles. The fourth-order valence-electron chi connectivity index (χ4n) is 4.42. The van der Waals surface area contributed by atoms with Gasteiger partial charge in [0.15, 0.2) is 0 Å². The summed E-state index contributed by atoms with van der Waals surface area (Å²) in [5, 5.41) is 3.37. The Morgan fingerprint density at radius 1 is 0.975 bits per heavy atom. The van der Waals surface area contributed by atoms with Crippen LogP contribution in [0.3, 0.4) is 0 Å². The van der Waals surface area contributed by atoms with Crippen molar-refractivity contribution in [3.05, 3.63) is 95.0 Å². The number of hydrogen-bond acceptors (Lipinski definition) is 5. The van der Waals surface area contributed by atoms with Gasteiger partial charge >= 0.3 is 0 Å². The number of anilines is 1. The van der Waals surface area contributed by atoms with Crippen molar-refractivity contribution in [3.8, 4) is 5.75 Å². The maximum Gasteiger partial charge on any atom is 0.243 e. The lowest BCUT2D eigenvalue weighted by molar-refractivity contribution is -0.141. The lowest BCUT2D eigenvalue weighted by Crippen LogP contribution is -2.50. The summed E-state index contributed by atoms with van der Waals surface area (Å²) >= 11 is 5.97. The number of sulfonamides is 1. The summed E-state index contributed by atoms with van der Waals surface area (Å²) in [5.41, 5.74) is 2.21. The Balaban J connectivity index is 1.87. The molecule has 0 aliphatic carbocycles. The summed E-state index contributed by atoms with van der Waals surface area (Å²) in [4.78, 5) is 28.7. The van der Waals surface area contributed by atoms with Gasteiger partial charge in [-0.15, -0.1) is 0 Å². The van der Waals surface area contributed by atoms with Crippen LogP contribution in [-0.2, 0) is 32.6 Å². The fraction of sp³-hybridized carbons (Fsp3) is 0.333. The molecule has 0 saturated heterocycles. The summed E-state index contributed by atoms with van der Waals surface area (Å²) < 4.78 is 31.7. The normalized spacial score (nSPS) is 11.9. The van der Waals surface area contributed by atoms with Crippen molar-refractivity contribution < 1.29 is 22.7 Å². The molecule has 10 heteroatoms. The molecule has 0 aliphatic heterocycles. The minimum absolute atomic E-state index is 0.0499. The zero-order valence-corrected chi connectivity index (χ0v) is 24.6. The predicted octanol–water partition coefficient (Wildman–Crippen LogP) is 4.67. The minimum atomic E-state index is -3.60. The molecule has 3 rings (SSSR count). The van der Waals surface area contributed by atoms with Crippen molar-refractivity contribution in [1.82, 2.24) is 10.2 Å². The number of ether oxygens (including phenoxy) is 1.